The molecule has 134 valence electrons. The first-order valence-corrected chi connectivity index (χ1v) is 9.51. The summed E-state index contributed by atoms with van der Waals surface area (Å²) in [7, 11) is 0. The highest BCUT2D eigenvalue weighted by Crippen LogP contribution is 2.20. The van der Waals surface area contributed by atoms with E-state index in [2.05, 4.69) is 35.7 Å². The number of aryl methyl sites for hydroxylation is 1. The second-order valence-electron chi connectivity index (χ2n) is 7.06. The van der Waals surface area contributed by atoms with Crippen molar-refractivity contribution in [2.24, 2.45) is 5.92 Å². The van der Waals surface area contributed by atoms with Crippen molar-refractivity contribution in [2.75, 3.05) is 13.1 Å². The lowest BCUT2D eigenvalue weighted by atomic mass is 9.94. The molecule has 0 bridgehead atoms. The standard InChI is InChI=1S/C21H28N2O2/c24-20(13-6-14-22-21(25)18-9-2-1-3-10-18)23-15-7-12-17-8-4-5-11-19(17)16-23/h1-2,4-5,8,11,18H,3,6-7,9-10,12-16H2,(H,22,25)/t18-/m0/s1. The van der Waals surface area contributed by atoms with E-state index in [4.69, 9.17) is 0 Å². The van der Waals surface area contributed by atoms with Crippen LogP contribution in [0.5, 0.6) is 0 Å². The lowest BCUT2D eigenvalue weighted by molar-refractivity contribution is -0.132. The molecule has 1 aliphatic carbocycles. The molecule has 1 aromatic rings. The van der Waals surface area contributed by atoms with Crippen molar-refractivity contribution in [3.63, 3.8) is 0 Å². The molecule has 25 heavy (non-hydrogen) atoms. The zero-order valence-corrected chi connectivity index (χ0v) is 14.9. The molecule has 4 heteroatoms. The first-order chi connectivity index (χ1) is 12.2. The molecule has 1 atom stereocenters. The zero-order valence-electron chi connectivity index (χ0n) is 14.9. The van der Waals surface area contributed by atoms with Gasteiger partial charge in [-0.2, -0.15) is 0 Å². The minimum absolute atomic E-state index is 0.114. The van der Waals surface area contributed by atoms with Gasteiger partial charge in [0, 0.05) is 32.0 Å². The summed E-state index contributed by atoms with van der Waals surface area (Å²) in [6.45, 7) is 2.14. The maximum atomic E-state index is 12.5. The van der Waals surface area contributed by atoms with E-state index in [1.54, 1.807) is 0 Å². The number of allylic oxidation sites excluding steroid dienone is 2. The van der Waals surface area contributed by atoms with Crippen LogP contribution in [0.25, 0.3) is 0 Å². The van der Waals surface area contributed by atoms with Gasteiger partial charge >= 0.3 is 0 Å². The zero-order chi connectivity index (χ0) is 17.5. The Labute approximate surface area is 150 Å². The van der Waals surface area contributed by atoms with Gasteiger partial charge in [-0.15, -0.1) is 0 Å². The lowest BCUT2D eigenvalue weighted by Crippen LogP contribution is -2.34. The number of carbonyl (C=O) groups is 2. The summed E-state index contributed by atoms with van der Waals surface area (Å²) in [4.78, 5) is 26.6. The molecule has 1 heterocycles. The van der Waals surface area contributed by atoms with E-state index >= 15 is 0 Å². The van der Waals surface area contributed by atoms with Crippen molar-refractivity contribution >= 4 is 11.8 Å². The Morgan fingerprint density at radius 2 is 2.00 bits per heavy atom. The summed E-state index contributed by atoms with van der Waals surface area (Å²) < 4.78 is 0. The predicted octanol–water partition coefficient (Wildman–Crippen LogP) is 3.21. The molecule has 0 radical (unpaired) electrons. The highest BCUT2D eigenvalue weighted by Gasteiger charge is 2.20. The van der Waals surface area contributed by atoms with Gasteiger partial charge in [0.1, 0.15) is 0 Å². The number of carbonyl (C=O) groups excluding carboxylic acids is 2. The number of hydrogen-bond donors (Lipinski definition) is 1. The molecule has 1 aromatic carbocycles. The van der Waals surface area contributed by atoms with Crippen LogP contribution in [0.2, 0.25) is 0 Å². The fourth-order valence-electron chi connectivity index (χ4n) is 3.70. The fraction of sp³-hybridized carbons (Fsp3) is 0.524. The molecule has 2 aliphatic rings. The molecule has 0 saturated carbocycles. The van der Waals surface area contributed by atoms with Crippen LogP contribution in [0, 0.1) is 5.92 Å². The molecule has 2 amide bonds. The molecule has 4 nitrogen and oxygen atoms in total. The normalized spacial score (nSPS) is 19.8. The maximum Gasteiger partial charge on any atom is 0.223 e. The lowest BCUT2D eigenvalue weighted by Gasteiger charge is -2.21. The van der Waals surface area contributed by atoms with Crippen LogP contribution in [-0.4, -0.2) is 29.8 Å². The third-order valence-corrected chi connectivity index (χ3v) is 5.21. The van der Waals surface area contributed by atoms with Gasteiger partial charge in [0.25, 0.3) is 0 Å². The van der Waals surface area contributed by atoms with Crippen molar-refractivity contribution < 1.29 is 9.59 Å². The Hall–Kier alpha value is -2.10. The van der Waals surface area contributed by atoms with Crippen LogP contribution in [0.1, 0.15) is 49.7 Å². The van der Waals surface area contributed by atoms with Crippen LogP contribution >= 0.6 is 0 Å². The summed E-state index contributed by atoms with van der Waals surface area (Å²) in [5, 5.41) is 3.00. The van der Waals surface area contributed by atoms with E-state index in [0.717, 1.165) is 45.2 Å². The first-order valence-electron chi connectivity index (χ1n) is 9.51. The summed E-state index contributed by atoms with van der Waals surface area (Å²) in [5.41, 5.74) is 2.64. The number of amides is 2. The monoisotopic (exact) mass is 340 g/mol. The van der Waals surface area contributed by atoms with Gasteiger partial charge in [-0.25, -0.2) is 0 Å². The molecule has 0 saturated heterocycles. The van der Waals surface area contributed by atoms with Crippen molar-refractivity contribution in [1.29, 1.82) is 0 Å². The highest BCUT2D eigenvalue weighted by molar-refractivity contribution is 5.79. The SMILES string of the molecule is O=C(NCCCC(=O)N1CCCc2ccccc2C1)[C@H]1CC=CCC1. The number of benzene rings is 1. The van der Waals surface area contributed by atoms with E-state index in [1.807, 2.05) is 11.0 Å². The van der Waals surface area contributed by atoms with Gasteiger partial charge in [0.15, 0.2) is 0 Å². The molecular weight excluding hydrogens is 312 g/mol. The number of fused-ring (bicyclic) bond motifs is 1. The second-order valence-corrected chi connectivity index (χ2v) is 7.06. The van der Waals surface area contributed by atoms with Crippen molar-refractivity contribution in [3.8, 4) is 0 Å². The van der Waals surface area contributed by atoms with E-state index in [-0.39, 0.29) is 17.7 Å². The molecule has 0 spiro atoms. The minimum Gasteiger partial charge on any atom is -0.356 e. The van der Waals surface area contributed by atoms with Gasteiger partial charge in [-0.1, -0.05) is 36.4 Å². The smallest absolute Gasteiger partial charge is 0.223 e. The quantitative estimate of drug-likeness (QED) is 0.661. The minimum atomic E-state index is 0.114. The molecule has 0 unspecified atom stereocenters. The van der Waals surface area contributed by atoms with E-state index in [9.17, 15) is 9.59 Å². The summed E-state index contributed by atoms with van der Waals surface area (Å²) >= 11 is 0. The number of nitrogens with one attached hydrogen (secondary N) is 1. The van der Waals surface area contributed by atoms with Crippen LogP contribution in [0.15, 0.2) is 36.4 Å². The average molecular weight is 340 g/mol. The third-order valence-electron chi connectivity index (χ3n) is 5.21. The Morgan fingerprint density at radius 3 is 2.80 bits per heavy atom. The number of rotatable bonds is 5. The molecule has 3 rings (SSSR count). The van der Waals surface area contributed by atoms with Crippen LogP contribution in [0.4, 0.5) is 0 Å². The van der Waals surface area contributed by atoms with Gasteiger partial charge < -0.3 is 10.2 Å². The summed E-state index contributed by atoms with van der Waals surface area (Å²) in [6, 6.07) is 8.41. The molecular formula is C21H28N2O2. The van der Waals surface area contributed by atoms with Crippen LogP contribution in [-0.2, 0) is 22.6 Å². The van der Waals surface area contributed by atoms with Crippen molar-refractivity contribution in [2.45, 2.75) is 51.5 Å². The highest BCUT2D eigenvalue weighted by atomic mass is 16.2. The molecule has 1 N–H and O–H groups in total. The fourth-order valence-corrected chi connectivity index (χ4v) is 3.70. The predicted molar refractivity (Wildman–Crippen MR) is 98.9 cm³/mol. The number of hydrogen-bond acceptors (Lipinski definition) is 2. The van der Waals surface area contributed by atoms with Gasteiger partial charge in [0.05, 0.1) is 0 Å². The Kier molecular flexibility index (Phi) is 6.26. The van der Waals surface area contributed by atoms with Crippen molar-refractivity contribution in [1.82, 2.24) is 10.2 Å². The van der Waals surface area contributed by atoms with Crippen LogP contribution < -0.4 is 5.32 Å². The Morgan fingerprint density at radius 1 is 1.16 bits per heavy atom. The molecule has 0 aromatic heterocycles. The van der Waals surface area contributed by atoms with E-state index < -0.39 is 0 Å². The first kappa shape index (κ1) is 17.7. The van der Waals surface area contributed by atoms with Crippen molar-refractivity contribution in [3.05, 3.63) is 47.5 Å². The molecule has 1 aliphatic heterocycles. The maximum absolute atomic E-state index is 12.5. The summed E-state index contributed by atoms with van der Waals surface area (Å²) in [5.74, 6) is 0.454. The summed E-state index contributed by atoms with van der Waals surface area (Å²) in [6.07, 6.45) is 10.3. The van der Waals surface area contributed by atoms with Crippen LogP contribution in [0.3, 0.4) is 0 Å². The third kappa shape index (κ3) is 4.94. The van der Waals surface area contributed by atoms with Gasteiger partial charge in [-0.3, -0.25) is 9.59 Å². The van der Waals surface area contributed by atoms with E-state index in [1.165, 1.54) is 11.1 Å². The van der Waals surface area contributed by atoms with Gasteiger partial charge in [-0.05, 0) is 49.7 Å². The number of nitrogens with zero attached hydrogens (tertiary/aromatic N) is 1. The Bertz CT molecular complexity index is 639. The van der Waals surface area contributed by atoms with E-state index in [0.29, 0.717) is 19.4 Å². The second kappa shape index (κ2) is 8.84. The Balaban J connectivity index is 1.40. The van der Waals surface area contributed by atoms with Gasteiger partial charge in [0.2, 0.25) is 11.8 Å². The largest absolute Gasteiger partial charge is 0.356 e. The molecule has 0 fully saturated rings. The topological polar surface area (TPSA) is 49.4 Å². The average Bonchev–Trinajstić information content (AvgIpc) is 2.88.